The summed E-state index contributed by atoms with van der Waals surface area (Å²) in [5, 5.41) is 1.32. The molecule has 0 unspecified atom stereocenters. The molecule has 154 valence electrons. The van der Waals surface area contributed by atoms with E-state index in [4.69, 9.17) is 23.2 Å². The molecule has 2 aromatic carbocycles. The molecule has 1 saturated heterocycles. The van der Waals surface area contributed by atoms with Gasteiger partial charge in [-0.1, -0.05) is 29.3 Å². The summed E-state index contributed by atoms with van der Waals surface area (Å²) in [5.74, 6) is -0.172. The van der Waals surface area contributed by atoms with E-state index in [0.29, 0.717) is 22.2 Å². The standard InChI is InChI=1S/C21H20Cl2F2N2O2/c22-18-2-1-3-19(23)17(18)14-27-12-10-26(11-13-27)9-8-20(28)15-4-6-16(7-5-15)29-21(24)25/h1-9,21H,10-14H2. The fourth-order valence-corrected chi connectivity index (χ4v) is 3.56. The van der Waals surface area contributed by atoms with E-state index in [1.54, 1.807) is 6.20 Å². The van der Waals surface area contributed by atoms with Crippen LogP contribution in [0.1, 0.15) is 15.9 Å². The SMILES string of the molecule is O=C(C=CN1CCN(Cc2c(Cl)cccc2Cl)CC1)c1ccc(OC(F)F)cc1. The van der Waals surface area contributed by atoms with Crippen molar-refractivity contribution in [2.24, 2.45) is 0 Å². The normalized spacial score (nSPS) is 15.3. The van der Waals surface area contributed by atoms with Crippen LogP contribution in [0, 0.1) is 0 Å². The number of ether oxygens (including phenoxy) is 1. The van der Waals surface area contributed by atoms with Crippen molar-refractivity contribution in [3.63, 3.8) is 0 Å². The van der Waals surface area contributed by atoms with Gasteiger partial charge in [0.1, 0.15) is 5.75 Å². The van der Waals surface area contributed by atoms with Gasteiger partial charge in [-0.25, -0.2) is 0 Å². The molecule has 4 nitrogen and oxygen atoms in total. The third-order valence-corrected chi connectivity index (χ3v) is 5.36. The number of carbonyl (C=O) groups is 1. The van der Waals surface area contributed by atoms with Crippen LogP contribution in [0.15, 0.2) is 54.7 Å². The lowest BCUT2D eigenvalue weighted by Crippen LogP contribution is -2.43. The van der Waals surface area contributed by atoms with E-state index < -0.39 is 6.61 Å². The summed E-state index contributed by atoms with van der Waals surface area (Å²) >= 11 is 12.5. The number of halogens is 4. The summed E-state index contributed by atoms with van der Waals surface area (Å²) in [6, 6.07) is 11.1. The smallest absolute Gasteiger partial charge is 0.387 e. The van der Waals surface area contributed by atoms with Gasteiger partial charge in [0, 0.05) is 66.2 Å². The lowest BCUT2D eigenvalue weighted by atomic mass is 10.1. The second-order valence-corrected chi connectivity index (χ2v) is 7.41. The van der Waals surface area contributed by atoms with Gasteiger partial charge in [-0.2, -0.15) is 8.78 Å². The van der Waals surface area contributed by atoms with Crippen molar-refractivity contribution in [3.8, 4) is 5.75 Å². The van der Waals surface area contributed by atoms with Crippen LogP contribution in [0.25, 0.3) is 0 Å². The first-order valence-electron chi connectivity index (χ1n) is 9.09. The Hall–Kier alpha value is -2.15. The van der Waals surface area contributed by atoms with Crippen molar-refractivity contribution < 1.29 is 18.3 Å². The molecule has 0 aromatic heterocycles. The number of hydrogen-bond donors (Lipinski definition) is 0. The highest BCUT2D eigenvalue weighted by Crippen LogP contribution is 2.26. The molecule has 0 atom stereocenters. The Morgan fingerprint density at radius 1 is 1.03 bits per heavy atom. The molecule has 0 spiro atoms. The number of allylic oxidation sites excluding steroid dienone is 1. The number of rotatable bonds is 7. The Balaban J connectivity index is 1.50. The van der Waals surface area contributed by atoms with E-state index in [9.17, 15) is 13.6 Å². The summed E-state index contributed by atoms with van der Waals surface area (Å²) in [4.78, 5) is 16.6. The summed E-state index contributed by atoms with van der Waals surface area (Å²) in [6.07, 6.45) is 3.26. The zero-order valence-corrected chi connectivity index (χ0v) is 17.0. The van der Waals surface area contributed by atoms with Crippen molar-refractivity contribution in [1.29, 1.82) is 0 Å². The molecule has 0 saturated carbocycles. The Bertz CT molecular complexity index is 847. The van der Waals surface area contributed by atoms with Crippen LogP contribution < -0.4 is 4.74 Å². The van der Waals surface area contributed by atoms with E-state index in [1.165, 1.54) is 30.3 Å². The average Bonchev–Trinajstić information content (AvgIpc) is 2.70. The second-order valence-electron chi connectivity index (χ2n) is 6.60. The van der Waals surface area contributed by atoms with Crippen LogP contribution in [0.4, 0.5) is 8.78 Å². The summed E-state index contributed by atoms with van der Waals surface area (Å²) in [6.45, 7) is 0.978. The lowest BCUT2D eigenvalue weighted by Gasteiger charge is -2.34. The molecule has 0 bridgehead atoms. The van der Waals surface area contributed by atoms with E-state index >= 15 is 0 Å². The number of ketones is 1. The molecular weight excluding hydrogens is 421 g/mol. The zero-order valence-electron chi connectivity index (χ0n) is 15.5. The third-order valence-electron chi connectivity index (χ3n) is 4.65. The molecule has 1 fully saturated rings. The number of nitrogens with zero attached hydrogens (tertiary/aromatic N) is 2. The molecule has 0 amide bonds. The maximum atomic E-state index is 12.3. The monoisotopic (exact) mass is 440 g/mol. The Labute approximate surface area is 178 Å². The molecule has 3 rings (SSSR count). The number of alkyl halides is 2. The first-order valence-corrected chi connectivity index (χ1v) is 9.84. The first-order chi connectivity index (χ1) is 13.9. The average molecular weight is 441 g/mol. The largest absolute Gasteiger partial charge is 0.435 e. The van der Waals surface area contributed by atoms with Crippen LogP contribution in [0.3, 0.4) is 0 Å². The fraction of sp³-hybridized carbons (Fsp3) is 0.286. The molecule has 2 aromatic rings. The molecular formula is C21H20Cl2F2N2O2. The van der Waals surface area contributed by atoms with Gasteiger partial charge in [0.05, 0.1) is 0 Å². The highest BCUT2D eigenvalue weighted by Gasteiger charge is 2.17. The minimum absolute atomic E-state index is 0.0234. The van der Waals surface area contributed by atoms with Crippen LogP contribution in [0.2, 0.25) is 10.0 Å². The van der Waals surface area contributed by atoms with E-state index in [-0.39, 0.29) is 11.5 Å². The van der Waals surface area contributed by atoms with Crippen LogP contribution >= 0.6 is 23.2 Å². The molecule has 1 aliphatic rings. The second kappa shape index (κ2) is 10.1. The topological polar surface area (TPSA) is 32.8 Å². The maximum absolute atomic E-state index is 12.3. The van der Waals surface area contributed by atoms with Gasteiger partial charge >= 0.3 is 6.61 Å². The van der Waals surface area contributed by atoms with Gasteiger partial charge in [0.25, 0.3) is 0 Å². The van der Waals surface area contributed by atoms with Crippen molar-refractivity contribution in [1.82, 2.24) is 9.80 Å². The van der Waals surface area contributed by atoms with Gasteiger partial charge in [-0.3, -0.25) is 9.69 Å². The zero-order chi connectivity index (χ0) is 20.8. The van der Waals surface area contributed by atoms with E-state index in [2.05, 4.69) is 14.5 Å². The van der Waals surface area contributed by atoms with Crippen molar-refractivity contribution >= 4 is 29.0 Å². The van der Waals surface area contributed by atoms with Crippen molar-refractivity contribution in [2.75, 3.05) is 26.2 Å². The van der Waals surface area contributed by atoms with Gasteiger partial charge < -0.3 is 9.64 Å². The molecule has 1 heterocycles. The minimum atomic E-state index is -2.89. The van der Waals surface area contributed by atoms with Crippen LogP contribution in [-0.4, -0.2) is 48.4 Å². The maximum Gasteiger partial charge on any atom is 0.387 e. The van der Waals surface area contributed by atoms with E-state index in [0.717, 1.165) is 31.7 Å². The van der Waals surface area contributed by atoms with Crippen LogP contribution in [0.5, 0.6) is 5.75 Å². The molecule has 0 N–H and O–H groups in total. The Kier molecular flexibility index (Phi) is 7.47. The van der Waals surface area contributed by atoms with Gasteiger partial charge in [0.15, 0.2) is 5.78 Å². The highest BCUT2D eigenvalue weighted by molar-refractivity contribution is 6.35. The Morgan fingerprint density at radius 2 is 1.66 bits per heavy atom. The molecule has 29 heavy (non-hydrogen) atoms. The lowest BCUT2D eigenvalue weighted by molar-refractivity contribution is -0.0498. The number of carbonyl (C=O) groups excluding carboxylic acids is 1. The Morgan fingerprint density at radius 3 is 2.24 bits per heavy atom. The van der Waals surface area contributed by atoms with Crippen molar-refractivity contribution in [2.45, 2.75) is 13.2 Å². The summed E-state index contributed by atoms with van der Waals surface area (Å²) in [5.41, 5.74) is 1.34. The molecule has 1 aliphatic heterocycles. The molecule has 8 heteroatoms. The van der Waals surface area contributed by atoms with Crippen LogP contribution in [-0.2, 0) is 6.54 Å². The van der Waals surface area contributed by atoms with Gasteiger partial charge in [-0.15, -0.1) is 0 Å². The highest BCUT2D eigenvalue weighted by atomic mass is 35.5. The van der Waals surface area contributed by atoms with Gasteiger partial charge in [0.2, 0.25) is 0 Å². The number of piperazine rings is 1. The number of hydrogen-bond acceptors (Lipinski definition) is 4. The van der Waals surface area contributed by atoms with Gasteiger partial charge in [-0.05, 0) is 36.4 Å². The third kappa shape index (κ3) is 6.16. The quantitative estimate of drug-likeness (QED) is 0.442. The van der Waals surface area contributed by atoms with Crippen molar-refractivity contribution in [3.05, 3.63) is 75.9 Å². The number of benzene rings is 2. The molecule has 0 radical (unpaired) electrons. The first kappa shape index (κ1) is 21.6. The summed E-state index contributed by atoms with van der Waals surface area (Å²) < 4.78 is 28.6. The predicted molar refractivity (Wildman–Crippen MR) is 110 cm³/mol. The van der Waals surface area contributed by atoms with E-state index in [1.807, 2.05) is 18.2 Å². The minimum Gasteiger partial charge on any atom is -0.435 e. The summed E-state index contributed by atoms with van der Waals surface area (Å²) in [7, 11) is 0. The fourth-order valence-electron chi connectivity index (χ4n) is 3.05. The molecule has 0 aliphatic carbocycles. The predicted octanol–water partition coefficient (Wildman–Crippen LogP) is 5.11.